The van der Waals surface area contributed by atoms with Crippen LogP contribution in [0.5, 0.6) is 0 Å². The molecule has 0 radical (unpaired) electrons. The molecule has 5 nitrogen and oxygen atoms in total. The van der Waals surface area contributed by atoms with Gasteiger partial charge in [-0.3, -0.25) is 4.79 Å². The molecule has 0 atom stereocenters. The fourth-order valence-corrected chi connectivity index (χ4v) is 1.87. The van der Waals surface area contributed by atoms with Crippen LogP contribution in [0, 0.1) is 13.8 Å². The minimum Gasteiger partial charge on any atom is -0.481 e. The van der Waals surface area contributed by atoms with Crippen molar-refractivity contribution in [2.75, 3.05) is 5.75 Å². The van der Waals surface area contributed by atoms with Gasteiger partial charge in [0.05, 0.1) is 0 Å². The van der Waals surface area contributed by atoms with E-state index in [0.29, 0.717) is 5.89 Å². The number of thioether (sulfide) groups is 1. The average Bonchev–Trinajstić information content (AvgIpc) is 2.79. The van der Waals surface area contributed by atoms with Crippen LogP contribution in [-0.4, -0.2) is 27.0 Å². The molecule has 1 aromatic heterocycles. The molecule has 2 rings (SSSR count). The predicted octanol–water partition coefficient (Wildman–Crippen LogP) is 2.53. The van der Waals surface area contributed by atoms with Crippen molar-refractivity contribution in [2.45, 2.75) is 19.1 Å². The summed E-state index contributed by atoms with van der Waals surface area (Å²) in [7, 11) is 0. The van der Waals surface area contributed by atoms with E-state index in [1.54, 1.807) is 0 Å². The molecule has 0 amide bonds. The van der Waals surface area contributed by atoms with Crippen LogP contribution in [0.3, 0.4) is 0 Å². The lowest BCUT2D eigenvalue weighted by atomic mass is 10.1. The Bertz CT molecular complexity index is 580. The molecule has 2 aromatic rings. The molecular formula is C12H12N2O3S. The second-order valence-electron chi connectivity index (χ2n) is 3.85. The molecule has 1 N–H and O–H groups in total. The van der Waals surface area contributed by atoms with Gasteiger partial charge in [-0.05, 0) is 37.1 Å². The smallest absolute Gasteiger partial charge is 0.314 e. The van der Waals surface area contributed by atoms with Crippen LogP contribution in [0.25, 0.3) is 11.5 Å². The topological polar surface area (TPSA) is 76.2 Å². The van der Waals surface area contributed by atoms with Crippen molar-refractivity contribution in [3.8, 4) is 11.5 Å². The monoisotopic (exact) mass is 264 g/mol. The fourth-order valence-electron chi connectivity index (χ4n) is 1.38. The molecule has 1 aromatic carbocycles. The third kappa shape index (κ3) is 2.89. The van der Waals surface area contributed by atoms with Gasteiger partial charge in [-0.2, -0.15) is 0 Å². The van der Waals surface area contributed by atoms with Gasteiger partial charge in [-0.15, -0.1) is 10.2 Å². The van der Waals surface area contributed by atoms with Crippen molar-refractivity contribution in [2.24, 2.45) is 0 Å². The number of rotatable bonds is 4. The zero-order chi connectivity index (χ0) is 13.1. The SMILES string of the molecule is Cc1ccc(-c2nnc(SCC(=O)O)o2)cc1C. The molecule has 0 bridgehead atoms. The highest BCUT2D eigenvalue weighted by Crippen LogP contribution is 2.24. The van der Waals surface area contributed by atoms with Gasteiger partial charge in [-0.25, -0.2) is 0 Å². The third-order valence-corrected chi connectivity index (χ3v) is 3.28. The first-order valence-electron chi connectivity index (χ1n) is 5.32. The highest BCUT2D eigenvalue weighted by Gasteiger charge is 2.11. The molecule has 0 aliphatic heterocycles. The standard InChI is InChI=1S/C12H12N2O3S/c1-7-3-4-9(5-8(7)2)11-13-14-12(17-11)18-6-10(15)16/h3-5H,6H2,1-2H3,(H,15,16). The second-order valence-corrected chi connectivity index (χ2v) is 4.78. The minimum absolute atomic E-state index is 0.0887. The quantitative estimate of drug-likeness (QED) is 0.855. The Hall–Kier alpha value is -1.82. The van der Waals surface area contributed by atoms with E-state index < -0.39 is 5.97 Å². The summed E-state index contributed by atoms with van der Waals surface area (Å²) in [4.78, 5) is 10.4. The van der Waals surface area contributed by atoms with Gasteiger partial charge < -0.3 is 9.52 Å². The van der Waals surface area contributed by atoms with Crippen molar-refractivity contribution in [3.63, 3.8) is 0 Å². The van der Waals surface area contributed by atoms with Crippen LogP contribution in [-0.2, 0) is 4.79 Å². The fraction of sp³-hybridized carbons (Fsp3) is 0.250. The maximum absolute atomic E-state index is 10.4. The van der Waals surface area contributed by atoms with E-state index >= 15 is 0 Å². The van der Waals surface area contributed by atoms with Crippen molar-refractivity contribution >= 4 is 17.7 Å². The number of hydrogen-bond acceptors (Lipinski definition) is 5. The summed E-state index contributed by atoms with van der Waals surface area (Å²) >= 11 is 1.01. The van der Waals surface area contributed by atoms with Gasteiger partial charge in [0.15, 0.2) is 0 Å². The summed E-state index contributed by atoms with van der Waals surface area (Å²) in [5.74, 6) is -0.592. The van der Waals surface area contributed by atoms with Crippen LogP contribution < -0.4 is 0 Å². The van der Waals surface area contributed by atoms with Gasteiger partial charge >= 0.3 is 5.97 Å². The maximum Gasteiger partial charge on any atom is 0.314 e. The number of nitrogens with zero attached hydrogens (tertiary/aromatic N) is 2. The first kappa shape index (κ1) is 12.6. The average molecular weight is 264 g/mol. The minimum atomic E-state index is -0.911. The van der Waals surface area contributed by atoms with Gasteiger partial charge in [0, 0.05) is 5.56 Å². The molecule has 6 heteroatoms. The van der Waals surface area contributed by atoms with Crippen LogP contribution in [0.1, 0.15) is 11.1 Å². The number of carboxylic acid groups (broad SMARTS) is 1. The summed E-state index contributed by atoms with van der Waals surface area (Å²) in [6, 6.07) is 5.86. The highest BCUT2D eigenvalue weighted by atomic mass is 32.2. The lowest BCUT2D eigenvalue weighted by molar-refractivity contribution is -0.133. The van der Waals surface area contributed by atoms with Gasteiger partial charge in [0.2, 0.25) is 5.89 Å². The highest BCUT2D eigenvalue weighted by molar-refractivity contribution is 7.99. The number of aryl methyl sites for hydroxylation is 2. The van der Waals surface area contributed by atoms with Gasteiger partial charge in [0.1, 0.15) is 5.75 Å². The molecule has 0 aliphatic carbocycles. The Kier molecular flexibility index (Phi) is 3.66. The Labute approximate surface area is 108 Å². The molecular weight excluding hydrogens is 252 g/mol. The van der Waals surface area contributed by atoms with E-state index in [-0.39, 0.29) is 11.0 Å². The predicted molar refractivity (Wildman–Crippen MR) is 67.6 cm³/mol. The number of aliphatic carboxylic acids is 1. The lowest BCUT2D eigenvalue weighted by Crippen LogP contribution is -1.97. The normalized spacial score (nSPS) is 10.6. The molecule has 94 valence electrons. The van der Waals surface area contributed by atoms with E-state index in [9.17, 15) is 4.79 Å². The number of benzene rings is 1. The van der Waals surface area contributed by atoms with Crippen LogP contribution in [0.4, 0.5) is 0 Å². The Morgan fingerprint density at radius 3 is 2.78 bits per heavy atom. The number of aromatic nitrogens is 2. The first-order chi connectivity index (χ1) is 8.56. The molecule has 0 saturated carbocycles. The Morgan fingerprint density at radius 2 is 2.11 bits per heavy atom. The van der Waals surface area contributed by atoms with E-state index in [1.807, 2.05) is 32.0 Å². The van der Waals surface area contributed by atoms with Crippen LogP contribution >= 0.6 is 11.8 Å². The summed E-state index contributed by atoms with van der Waals surface area (Å²) in [5.41, 5.74) is 3.18. The lowest BCUT2D eigenvalue weighted by Gasteiger charge is -2.00. The van der Waals surface area contributed by atoms with Crippen molar-refractivity contribution in [1.82, 2.24) is 10.2 Å². The first-order valence-corrected chi connectivity index (χ1v) is 6.30. The molecule has 0 saturated heterocycles. The number of hydrogen-bond donors (Lipinski definition) is 1. The van der Waals surface area contributed by atoms with Crippen LogP contribution in [0.15, 0.2) is 27.8 Å². The largest absolute Gasteiger partial charge is 0.481 e. The summed E-state index contributed by atoms with van der Waals surface area (Å²) < 4.78 is 5.39. The van der Waals surface area contributed by atoms with Crippen molar-refractivity contribution in [3.05, 3.63) is 29.3 Å². The maximum atomic E-state index is 10.4. The molecule has 0 unspecified atom stereocenters. The van der Waals surface area contributed by atoms with E-state index in [0.717, 1.165) is 22.9 Å². The van der Waals surface area contributed by atoms with Gasteiger partial charge in [-0.1, -0.05) is 17.8 Å². The molecule has 0 aliphatic rings. The summed E-state index contributed by atoms with van der Waals surface area (Å²) in [5, 5.41) is 16.5. The third-order valence-electron chi connectivity index (χ3n) is 2.48. The molecule has 1 heterocycles. The second kappa shape index (κ2) is 5.22. The molecule has 0 fully saturated rings. The number of carboxylic acids is 1. The molecule has 18 heavy (non-hydrogen) atoms. The van der Waals surface area contributed by atoms with Crippen LogP contribution in [0.2, 0.25) is 0 Å². The van der Waals surface area contributed by atoms with E-state index in [4.69, 9.17) is 9.52 Å². The van der Waals surface area contributed by atoms with Crippen molar-refractivity contribution < 1.29 is 14.3 Å². The Morgan fingerprint density at radius 1 is 1.33 bits per heavy atom. The zero-order valence-electron chi connectivity index (χ0n) is 10.0. The summed E-state index contributed by atoms with van der Waals surface area (Å²) in [6.45, 7) is 4.04. The Balaban J connectivity index is 2.18. The van der Waals surface area contributed by atoms with Gasteiger partial charge in [0.25, 0.3) is 5.22 Å². The van der Waals surface area contributed by atoms with E-state index in [2.05, 4.69) is 10.2 Å². The summed E-state index contributed by atoms with van der Waals surface area (Å²) in [6.07, 6.45) is 0. The number of carbonyl (C=O) groups is 1. The molecule has 0 spiro atoms. The zero-order valence-corrected chi connectivity index (χ0v) is 10.8. The van der Waals surface area contributed by atoms with E-state index in [1.165, 1.54) is 5.56 Å². The van der Waals surface area contributed by atoms with Crippen molar-refractivity contribution in [1.29, 1.82) is 0 Å².